The molecule has 0 aromatic heterocycles. The number of hydrogen-bond donors (Lipinski definition) is 3. The van der Waals surface area contributed by atoms with Gasteiger partial charge in [0.2, 0.25) is 5.91 Å². The van der Waals surface area contributed by atoms with Crippen molar-refractivity contribution in [3.8, 4) is 5.75 Å². The van der Waals surface area contributed by atoms with Crippen molar-refractivity contribution in [2.45, 2.75) is 63.4 Å². The number of hydrogen-bond acceptors (Lipinski definition) is 7. The van der Waals surface area contributed by atoms with Gasteiger partial charge in [0.25, 0.3) is 0 Å². The molecule has 4 N–H and O–H groups in total. The lowest BCUT2D eigenvalue weighted by molar-refractivity contribution is -0.132. The van der Waals surface area contributed by atoms with Crippen LogP contribution in [-0.4, -0.2) is 41.5 Å². The van der Waals surface area contributed by atoms with Crippen molar-refractivity contribution in [1.29, 1.82) is 0 Å². The highest BCUT2D eigenvalue weighted by Gasteiger charge is 2.36. The van der Waals surface area contributed by atoms with Crippen molar-refractivity contribution in [2.24, 2.45) is 17.6 Å². The molecule has 1 aliphatic carbocycles. The smallest absolute Gasteiger partial charge is 0.325 e. The summed E-state index contributed by atoms with van der Waals surface area (Å²) in [6, 6.07) is 6.59. The fraction of sp³-hybridized carbons (Fsp3) is 0.609. The molecule has 0 spiro atoms. The van der Waals surface area contributed by atoms with Crippen LogP contribution in [0.15, 0.2) is 24.3 Å². The zero-order valence-electron chi connectivity index (χ0n) is 18.1. The third kappa shape index (κ3) is 6.79. The number of Topliss-reactive ketones (excluding diaryl/α,β-unsaturated/α-hetero) is 1. The van der Waals surface area contributed by atoms with Gasteiger partial charge in [-0.15, -0.1) is 11.8 Å². The lowest BCUT2D eigenvalue weighted by Gasteiger charge is -2.39. The maximum Gasteiger partial charge on any atom is 0.325 e. The van der Waals surface area contributed by atoms with Gasteiger partial charge in [-0.25, -0.2) is 0 Å². The zero-order valence-corrected chi connectivity index (χ0v) is 18.9. The number of carbonyl (C=O) groups excluding carboxylic acids is 3. The summed E-state index contributed by atoms with van der Waals surface area (Å²) in [5, 5.41) is 6.61. The molecule has 8 heteroatoms. The van der Waals surface area contributed by atoms with Crippen LogP contribution in [-0.2, 0) is 9.59 Å². The average molecular weight is 448 g/mol. The van der Waals surface area contributed by atoms with Gasteiger partial charge in [-0.3, -0.25) is 19.7 Å². The van der Waals surface area contributed by atoms with E-state index in [0.717, 1.165) is 12.8 Å². The number of amides is 1. The maximum absolute atomic E-state index is 12.7. The van der Waals surface area contributed by atoms with Gasteiger partial charge in [0.15, 0.2) is 5.78 Å². The van der Waals surface area contributed by atoms with E-state index in [1.165, 1.54) is 43.9 Å². The highest BCUT2D eigenvalue weighted by atomic mass is 32.2. The second kappa shape index (κ2) is 11.6. The fourth-order valence-corrected chi connectivity index (χ4v) is 5.42. The van der Waals surface area contributed by atoms with Crippen molar-refractivity contribution in [3.05, 3.63) is 29.8 Å². The van der Waals surface area contributed by atoms with Crippen LogP contribution >= 0.6 is 11.8 Å². The van der Waals surface area contributed by atoms with E-state index in [1.54, 1.807) is 24.3 Å². The summed E-state index contributed by atoms with van der Waals surface area (Å²) >= 11 is 1.41. The summed E-state index contributed by atoms with van der Waals surface area (Å²) in [6.45, 7) is 1.86. The van der Waals surface area contributed by atoms with Crippen LogP contribution in [0.4, 0.5) is 0 Å². The van der Waals surface area contributed by atoms with Gasteiger partial charge in [-0.05, 0) is 43.0 Å². The Kier molecular flexibility index (Phi) is 8.92. The second-order valence-electron chi connectivity index (χ2n) is 8.35. The van der Waals surface area contributed by atoms with E-state index >= 15 is 0 Å². The number of ketones is 1. The van der Waals surface area contributed by atoms with Gasteiger partial charge in [0.1, 0.15) is 11.2 Å². The minimum absolute atomic E-state index is 0.0155. The third-order valence-corrected chi connectivity index (χ3v) is 7.18. The molecule has 3 rings (SSSR count). The van der Waals surface area contributed by atoms with Crippen molar-refractivity contribution < 1.29 is 19.1 Å². The van der Waals surface area contributed by atoms with Gasteiger partial charge < -0.3 is 15.8 Å². The van der Waals surface area contributed by atoms with Gasteiger partial charge in [-0.1, -0.05) is 39.0 Å². The summed E-state index contributed by atoms with van der Waals surface area (Å²) in [4.78, 5) is 36.5. The van der Waals surface area contributed by atoms with Crippen LogP contribution < -0.4 is 21.1 Å². The molecule has 1 amide bonds. The van der Waals surface area contributed by atoms with E-state index in [4.69, 9.17) is 10.5 Å². The molecule has 7 nitrogen and oxygen atoms in total. The van der Waals surface area contributed by atoms with Crippen LogP contribution in [0.2, 0.25) is 0 Å². The molecule has 31 heavy (non-hydrogen) atoms. The summed E-state index contributed by atoms with van der Waals surface area (Å²) in [6.07, 6.45) is 8.25. The van der Waals surface area contributed by atoms with E-state index in [2.05, 4.69) is 17.6 Å². The fourth-order valence-electron chi connectivity index (χ4n) is 4.47. The molecular weight excluding hydrogens is 414 g/mol. The Balaban J connectivity index is 1.53. The van der Waals surface area contributed by atoms with Gasteiger partial charge in [0, 0.05) is 11.6 Å². The first-order chi connectivity index (χ1) is 15.0. The van der Waals surface area contributed by atoms with Crippen molar-refractivity contribution >= 4 is 29.4 Å². The van der Waals surface area contributed by atoms with E-state index in [1.807, 2.05) is 0 Å². The van der Waals surface area contributed by atoms with Crippen molar-refractivity contribution in [3.63, 3.8) is 0 Å². The number of esters is 1. The summed E-state index contributed by atoms with van der Waals surface area (Å²) in [5.74, 6) is 0.784. The minimum atomic E-state index is -0.526. The number of benzene rings is 1. The maximum atomic E-state index is 12.7. The molecule has 0 radical (unpaired) electrons. The van der Waals surface area contributed by atoms with Crippen LogP contribution in [0.5, 0.6) is 5.75 Å². The van der Waals surface area contributed by atoms with E-state index in [-0.39, 0.29) is 41.4 Å². The Morgan fingerprint density at radius 1 is 1.16 bits per heavy atom. The van der Waals surface area contributed by atoms with E-state index < -0.39 is 5.97 Å². The normalized spacial score (nSPS) is 24.5. The average Bonchev–Trinajstić information content (AvgIpc) is 2.78. The summed E-state index contributed by atoms with van der Waals surface area (Å²) in [7, 11) is 0. The summed E-state index contributed by atoms with van der Waals surface area (Å²) < 4.78 is 5.02. The molecule has 1 aromatic rings. The Labute approximate surface area is 188 Å². The molecule has 2 aliphatic rings. The number of nitrogens with two attached hydrogens (primary N) is 1. The number of nitrogens with one attached hydrogen (secondary N) is 2. The number of ether oxygens (including phenoxy) is 1. The van der Waals surface area contributed by atoms with E-state index in [0.29, 0.717) is 17.2 Å². The lowest BCUT2D eigenvalue weighted by Crippen LogP contribution is -2.60. The molecule has 2 fully saturated rings. The largest absolute Gasteiger partial charge is 0.426 e. The third-order valence-electron chi connectivity index (χ3n) is 6.17. The highest BCUT2D eigenvalue weighted by Crippen LogP contribution is 2.31. The van der Waals surface area contributed by atoms with Gasteiger partial charge >= 0.3 is 5.97 Å². The molecule has 1 saturated heterocycles. The SMILES string of the molecule is CCC1C(=O)NC(SCC(=O)c2ccc(OC(=O)CN)cc2)NC1CC1CCCCC1. The molecular formula is C23H33N3O4S. The Bertz CT molecular complexity index is 765. The number of carbonyl (C=O) groups is 3. The quantitative estimate of drug-likeness (QED) is 0.303. The lowest BCUT2D eigenvalue weighted by atomic mass is 9.80. The van der Waals surface area contributed by atoms with Crippen LogP contribution in [0, 0.1) is 11.8 Å². The van der Waals surface area contributed by atoms with Crippen molar-refractivity contribution in [2.75, 3.05) is 12.3 Å². The molecule has 1 heterocycles. The molecule has 1 aromatic carbocycles. The Morgan fingerprint density at radius 3 is 2.52 bits per heavy atom. The second-order valence-corrected chi connectivity index (χ2v) is 9.45. The van der Waals surface area contributed by atoms with Crippen LogP contribution in [0.3, 0.4) is 0 Å². The Hall–Kier alpha value is -1.90. The highest BCUT2D eigenvalue weighted by molar-refractivity contribution is 8.00. The first-order valence-corrected chi connectivity index (χ1v) is 12.3. The van der Waals surface area contributed by atoms with Crippen LogP contribution in [0.1, 0.15) is 62.2 Å². The number of thioether (sulfide) groups is 1. The topological polar surface area (TPSA) is 111 Å². The molecule has 0 bridgehead atoms. The van der Waals surface area contributed by atoms with Crippen LogP contribution in [0.25, 0.3) is 0 Å². The molecule has 170 valence electrons. The van der Waals surface area contributed by atoms with Gasteiger partial charge in [-0.2, -0.15) is 0 Å². The van der Waals surface area contributed by atoms with Gasteiger partial charge in [0.05, 0.1) is 18.2 Å². The summed E-state index contributed by atoms with van der Waals surface area (Å²) in [5.41, 5.74) is 5.50. The van der Waals surface area contributed by atoms with Crippen molar-refractivity contribution in [1.82, 2.24) is 10.6 Å². The standard InChI is InChI=1S/C23H33N3O4S/c1-2-18-19(12-15-6-4-3-5-7-15)25-23(26-22(18)29)31-14-20(27)16-8-10-17(11-9-16)30-21(28)13-24/h8-11,15,18-19,23,25H,2-7,12-14,24H2,1H3,(H,26,29). The monoisotopic (exact) mass is 447 g/mol. The molecule has 1 aliphatic heterocycles. The number of rotatable bonds is 9. The first kappa shape index (κ1) is 23.8. The Morgan fingerprint density at radius 2 is 1.87 bits per heavy atom. The van der Waals surface area contributed by atoms with E-state index in [9.17, 15) is 14.4 Å². The zero-order chi connectivity index (χ0) is 22.2. The molecule has 3 unspecified atom stereocenters. The first-order valence-electron chi connectivity index (χ1n) is 11.2. The predicted molar refractivity (Wildman–Crippen MR) is 122 cm³/mol. The minimum Gasteiger partial charge on any atom is -0.426 e. The molecule has 1 saturated carbocycles. The predicted octanol–water partition coefficient (Wildman–Crippen LogP) is 2.83. The molecule has 3 atom stereocenters.